The van der Waals surface area contributed by atoms with Gasteiger partial charge in [-0.1, -0.05) is 0 Å². The fourth-order valence-electron chi connectivity index (χ4n) is 4.10. The van der Waals surface area contributed by atoms with Crippen molar-refractivity contribution in [2.24, 2.45) is 0 Å². The van der Waals surface area contributed by atoms with Crippen LogP contribution in [-0.4, -0.2) is 51.2 Å². The van der Waals surface area contributed by atoms with Crippen molar-refractivity contribution >= 4 is 17.6 Å². The van der Waals surface area contributed by atoms with E-state index in [0.717, 1.165) is 23.2 Å². The third-order valence-electron chi connectivity index (χ3n) is 5.36. The first-order chi connectivity index (χ1) is 13.1. The lowest BCUT2D eigenvalue weighted by Crippen LogP contribution is -2.45. The molecule has 5 rings (SSSR count). The highest BCUT2D eigenvalue weighted by molar-refractivity contribution is 5.97. The molecule has 0 spiro atoms. The van der Waals surface area contributed by atoms with Crippen molar-refractivity contribution in [3.63, 3.8) is 0 Å². The van der Waals surface area contributed by atoms with Crippen molar-refractivity contribution in [1.29, 1.82) is 0 Å². The lowest BCUT2D eigenvalue weighted by atomic mass is 9.85. The minimum Gasteiger partial charge on any atom is -0.493 e. The molecular weight excluding hydrogens is 348 g/mol. The third-order valence-corrected chi connectivity index (χ3v) is 5.36. The van der Waals surface area contributed by atoms with Crippen molar-refractivity contribution in [2.75, 3.05) is 26.5 Å². The lowest BCUT2D eigenvalue weighted by Gasteiger charge is -2.41. The van der Waals surface area contributed by atoms with Gasteiger partial charge in [-0.15, -0.1) is 5.10 Å². The minimum absolute atomic E-state index is 0.0508. The van der Waals surface area contributed by atoms with Crippen LogP contribution >= 0.6 is 0 Å². The van der Waals surface area contributed by atoms with Gasteiger partial charge >= 0.3 is 0 Å². The predicted octanol–water partition coefficient (Wildman–Crippen LogP) is 1.02. The van der Waals surface area contributed by atoms with E-state index in [0.29, 0.717) is 35.8 Å². The summed E-state index contributed by atoms with van der Waals surface area (Å²) < 4.78 is 12.5. The molecule has 2 aliphatic rings. The summed E-state index contributed by atoms with van der Waals surface area (Å²) in [6.07, 6.45) is 2.94. The van der Waals surface area contributed by atoms with Crippen molar-refractivity contribution in [3.05, 3.63) is 40.7 Å². The van der Waals surface area contributed by atoms with E-state index < -0.39 is 0 Å². The Hall–Kier alpha value is -3.36. The predicted molar refractivity (Wildman–Crippen MR) is 95.9 cm³/mol. The molecule has 0 saturated carbocycles. The molecular formula is C18H18N6O3. The van der Waals surface area contributed by atoms with E-state index in [2.05, 4.69) is 15.1 Å². The number of amides is 1. The largest absolute Gasteiger partial charge is 0.493 e. The van der Waals surface area contributed by atoms with Crippen LogP contribution < -0.4 is 15.2 Å². The van der Waals surface area contributed by atoms with Crippen LogP contribution in [0.4, 0.5) is 5.95 Å². The zero-order valence-corrected chi connectivity index (χ0v) is 15.0. The van der Waals surface area contributed by atoms with E-state index in [-0.39, 0.29) is 17.9 Å². The summed E-state index contributed by atoms with van der Waals surface area (Å²) in [6, 6.07) is 3.86. The number of carbonyl (C=O) groups is 1. The van der Waals surface area contributed by atoms with E-state index in [9.17, 15) is 4.79 Å². The number of aromatic nitrogens is 4. The number of anilines is 1. The second-order valence-electron chi connectivity index (χ2n) is 6.67. The normalized spacial score (nSPS) is 18.1. The molecule has 2 N–H and O–H groups in total. The molecule has 138 valence electrons. The average Bonchev–Trinajstić information content (AvgIpc) is 3.07. The van der Waals surface area contributed by atoms with E-state index >= 15 is 0 Å². The second-order valence-corrected chi connectivity index (χ2v) is 6.67. The standard InChI is InChI=1S/C18H18N6O3/c1-26-14-5-9-3-4-23-12(10(9)6-15(14)27-2)7-13-11(16(23)25)8-20-18-21-17(19)22-24(13)18/h5-6,8,12H,3-4,7H2,1-2H3,(H2,19,22)/t12-/m1/s1. The molecule has 2 aromatic heterocycles. The molecule has 0 radical (unpaired) electrons. The van der Waals surface area contributed by atoms with Crippen LogP contribution in [0.25, 0.3) is 5.78 Å². The highest BCUT2D eigenvalue weighted by Gasteiger charge is 2.39. The van der Waals surface area contributed by atoms with Gasteiger partial charge in [0.1, 0.15) is 0 Å². The Morgan fingerprint density at radius 1 is 1.22 bits per heavy atom. The van der Waals surface area contributed by atoms with Crippen LogP contribution in [0.2, 0.25) is 0 Å². The molecule has 0 bridgehead atoms. The molecule has 0 saturated heterocycles. The minimum atomic E-state index is -0.107. The summed E-state index contributed by atoms with van der Waals surface area (Å²) >= 11 is 0. The molecule has 0 fully saturated rings. The van der Waals surface area contributed by atoms with Crippen molar-refractivity contribution in [1.82, 2.24) is 24.5 Å². The van der Waals surface area contributed by atoms with E-state index in [1.54, 1.807) is 24.9 Å². The summed E-state index contributed by atoms with van der Waals surface area (Å²) in [6.45, 7) is 0.642. The Kier molecular flexibility index (Phi) is 3.27. The summed E-state index contributed by atoms with van der Waals surface area (Å²) in [5.41, 5.74) is 9.28. The maximum atomic E-state index is 13.1. The van der Waals surface area contributed by atoms with Gasteiger partial charge in [-0.3, -0.25) is 4.79 Å². The number of rotatable bonds is 2. The van der Waals surface area contributed by atoms with Crippen LogP contribution in [0.5, 0.6) is 11.5 Å². The zero-order chi connectivity index (χ0) is 18.7. The molecule has 1 atom stereocenters. The van der Waals surface area contributed by atoms with E-state index in [1.807, 2.05) is 17.0 Å². The highest BCUT2D eigenvalue weighted by atomic mass is 16.5. The summed E-state index contributed by atoms with van der Waals surface area (Å²) in [4.78, 5) is 23.3. The topological polar surface area (TPSA) is 108 Å². The number of hydrogen-bond donors (Lipinski definition) is 1. The number of ether oxygens (including phenoxy) is 2. The Morgan fingerprint density at radius 3 is 2.78 bits per heavy atom. The van der Waals surface area contributed by atoms with E-state index in [1.165, 1.54) is 0 Å². The molecule has 27 heavy (non-hydrogen) atoms. The van der Waals surface area contributed by atoms with Crippen LogP contribution in [0.15, 0.2) is 18.3 Å². The molecule has 1 aromatic carbocycles. The molecule has 3 aromatic rings. The molecule has 9 nitrogen and oxygen atoms in total. The molecule has 4 heterocycles. The summed E-state index contributed by atoms with van der Waals surface area (Å²) in [5.74, 6) is 1.84. The Balaban J connectivity index is 1.68. The van der Waals surface area contributed by atoms with Gasteiger partial charge < -0.3 is 20.1 Å². The van der Waals surface area contributed by atoms with Gasteiger partial charge in [-0.05, 0) is 29.7 Å². The molecule has 2 aliphatic heterocycles. The van der Waals surface area contributed by atoms with Crippen molar-refractivity contribution in [2.45, 2.75) is 18.9 Å². The van der Waals surface area contributed by atoms with Crippen LogP contribution in [0.1, 0.15) is 33.2 Å². The average molecular weight is 366 g/mol. The quantitative estimate of drug-likeness (QED) is 0.721. The van der Waals surface area contributed by atoms with Crippen molar-refractivity contribution in [3.8, 4) is 11.5 Å². The van der Waals surface area contributed by atoms with Gasteiger partial charge in [0.25, 0.3) is 11.7 Å². The van der Waals surface area contributed by atoms with Gasteiger partial charge in [0.2, 0.25) is 5.95 Å². The van der Waals surface area contributed by atoms with Gasteiger partial charge in [0.05, 0.1) is 31.5 Å². The second kappa shape index (κ2) is 5.57. The molecule has 0 unspecified atom stereocenters. The van der Waals surface area contributed by atoms with Gasteiger partial charge in [0, 0.05) is 19.2 Å². The zero-order valence-electron chi connectivity index (χ0n) is 15.0. The number of methoxy groups -OCH3 is 2. The number of hydrogen-bond acceptors (Lipinski definition) is 7. The number of nitrogens with zero attached hydrogens (tertiary/aromatic N) is 5. The number of nitrogen functional groups attached to an aromatic ring is 1. The van der Waals surface area contributed by atoms with Crippen LogP contribution in [-0.2, 0) is 12.8 Å². The first-order valence-electron chi connectivity index (χ1n) is 8.66. The SMILES string of the molecule is COc1cc2c(cc1OC)[C@H]1Cc3c(cnc4nc(N)nn34)C(=O)N1CC2. The number of nitrogens with two attached hydrogens (primary N) is 1. The maximum Gasteiger partial charge on any atom is 0.257 e. The molecule has 0 aliphatic carbocycles. The fraction of sp³-hybridized carbons (Fsp3) is 0.333. The monoisotopic (exact) mass is 366 g/mol. The smallest absolute Gasteiger partial charge is 0.257 e. The maximum absolute atomic E-state index is 13.1. The van der Waals surface area contributed by atoms with E-state index in [4.69, 9.17) is 15.2 Å². The first-order valence-corrected chi connectivity index (χ1v) is 8.66. The number of benzene rings is 1. The van der Waals surface area contributed by atoms with Gasteiger partial charge in [-0.25, -0.2) is 4.98 Å². The summed E-state index contributed by atoms with van der Waals surface area (Å²) in [5, 5.41) is 4.22. The third kappa shape index (κ3) is 2.17. The van der Waals surface area contributed by atoms with Crippen LogP contribution in [0, 0.1) is 0 Å². The highest BCUT2D eigenvalue weighted by Crippen LogP contribution is 2.42. The fourth-order valence-corrected chi connectivity index (χ4v) is 4.10. The number of fused-ring (bicyclic) bond motifs is 6. The van der Waals surface area contributed by atoms with Crippen molar-refractivity contribution < 1.29 is 14.3 Å². The van der Waals surface area contributed by atoms with Gasteiger partial charge in [-0.2, -0.15) is 9.50 Å². The first kappa shape index (κ1) is 15.9. The molecule has 9 heteroatoms. The Morgan fingerprint density at radius 2 is 2.00 bits per heavy atom. The Bertz CT molecular complexity index is 1090. The van der Waals surface area contributed by atoms with Gasteiger partial charge in [0.15, 0.2) is 11.5 Å². The lowest BCUT2D eigenvalue weighted by molar-refractivity contribution is 0.0626. The molecule has 1 amide bonds. The number of carbonyl (C=O) groups excluding carboxylic acids is 1. The summed E-state index contributed by atoms with van der Waals surface area (Å²) in [7, 11) is 3.23. The Labute approximate surface area is 154 Å². The van der Waals surface area contributed by atoms with Crippen LogP contribution in [0.3, 0.4) is 0 Å².